The summed E-state index contributed by atoms with van der Waals surface area (Å²) >= 11 is 1.56. The van der Waals surface area contributed by atoms with E-state index in [2.05, 4.69) is 25.7 Å². The third-order valence-electron chi connectivity index (χ3n) is 5.55. The molecule has 0 atom stereocenters. The topological polar surface area (TPSA) is 45.7 Å². The monoisotopic (exact) mass is 425 g/mol. The van der Waals surface area contributed by atoms with Gasteiger partial charge in [0.15, 0.2) is 5.13 Å². The van der Waals surface area contributed by atoms with E-state index >= 15 is 0 Å². The minimum atomic E-state index is -0.000896. The molecular formula is C24H31N3O2S. The Kier molecular flexibility index (Phi) is 7.10. The van der Waals surface area contributed by atoms with Gasteiger partial charge >= 0.3 is 0 Å². The Labute approximate surface area is 183 Å². The van der Waals surface area contributed by atoms with Gasteiger partial charge in [0.1, 0.15) is 11.3 Å². The van der Waals surface area contributed by atoms with Crippen LogP contribution in [0.15, 0.2) is 30.3 Å². The maximum Gasteiger partial charge on any atom is 0.260 e. The number of hydrogen-bond acceptors (Lipinski definition) is 5. The Balaban J connectivity index is 2.07. The minimum absolute atomic E-state index is 0.000896. The number of hydrogen-bond donors (Lipinski definition) is 0. The number of carbonyl (C=O) groups is 1. The summed E-state index contributed by atoms with van der Waals surface area (Å²) in [7, 11) is 1.66. The Morgan fingerprint density at radius 2 is 1.73 bits per heavy atom. The van der Waals surface area contributed by atoms with Crippen LogP contribution in [-0.2, 0) is 0 Å². The van der Waals surface area contributed by atoms with E-state index in [0.29, 0.717) is 6.54 Å². The van der Waals surface area contributed by atoms with E-state index in [9.17, 15) is 4.79 Å². The van der Waals surface area contributed by atoms with Gasteiger partial charge in [0.05, 0.1) is 11.8 Å². The highest BCUT2D eigenvalue weighted by Gasteiger charge is 2.24. The van der Waals surface area contributed by atoms with E-state index in [1.807, 2.05) is 49.1 Å². The number of ether oxygens (including phenoxy) is 1. The average molecular weight is 426 g/mol. The third-order valence-corrected chi connectivity index (χ3v) is 6.76. The first kappa shape index (κ1) is 22.2. The van der Waals surface area contributed by atoms with Crippen LogP contribution in [0, 0.1) is 20.8 Å². The summed E-state index contributed by atoms with van der Waals surface area (Å²) in [4.78, 5) is 22.7. The third kappa shape index (κ3) is 4.50. The lowest BCUT2D eigenvalue weighted by Gasteiger charge is -2.25. The second-order valence-electron chi connectivity index (χ2n) is 7.56. The minimum Gasteiger partial charge on any atom is -0.494 e. The van der Waals surface area contributed by atoms with Gasteiger partial charge in [0.2, 0.25) is 0 Å². The smallest absolute Gasteiger partial charge is 0.260 e. The van der Waals surface area contributed by atoms with Gasteiger partial charge in [0.25, 0.3) is 5.91 Å². The highest BCUT2D eigenvalue weighted by Crippen LogP contribution is 2.37. The highest BCUT2D eigenvalue weighted by molar-refractivity contribution is 7.22. The van der Waals surface area contributed by atoms with E-state index in [1.165, 1.54) is 0 Å². The van der Waals surface area contributed by atoms with Crippen molar-refractivity contribution in [3.63, 3.8) is 0 Å². The van der Waals surface area contributed by atoms with Crippen LogP contribution < -0.4 is 9.64 Å². The maximum atomic E-state index is 13.7. The summed E-state index contributed by atoms with van der Waals surface area (Å²) in [5.41, 5.74) is 4.75. The summed E-state index contributed by atoms with van der Waals surface area (Å²) in [6.45, 7) is 13.7. The molecule has 3 aromatic rings. The quantitative estimate of drug-likeness (QED) is 0.496. The van der Waals surface area contributed by atoms with Crippen molar-refractivity contribution in [2.45, 2.75) is 34.6 Å². The standard InChI is InChI=1S/C24H31N3O2S/c1-7-26(8-2)13-14-27(23(28)19-15-16(3)9-10-17(19)4)24-25-21-20(29-6)12-11-18(5)22(21)30-24/h9-12,15H,7-8,13-14H2,1-6H3. The first-order valence-electron chi connectivity index (χ1n) is 10.4. The van der Waals surface area contributed by atoms with Gasteiger partial charge in [-0.25, -0.2) is 4.98 Å². The summed E-state index contributed by atoms with van der Waals surface area (Å²) in [5.74, 6) is 0.736. The van der Waals surface area contributed by atoms with Crippen LogP contribution in [0.2, 0.25) is 0 Å². The van der Waals surface area contributed by atoms with E-state index in [1.54, 1.807) is 18.4 Å². The first-order chi connectivity index (χ1) is 14.4. The zero-order valence-electron chi connectivity index (χ0n) is 18.8. The normalized spacial score (nSPS) is 11.3. The molecule has 0 saturated carbocycles. The molecule has 0 aliphatic rings. The van der Waals surface area contributed by atoms with Gasteiger partial charge in [0, 0.05) is 18.7 Å². The van der Waals surface area contributed by atoms with E-state index in [4.69, 9.17) is 9.72 Å². The molecule has 0 aliphatic heterocycles. The number of aryl methyl sites for hydroxylation is 3. The summed E-state index contributed by atoms with van der Waals surface area (Å²) in [5, 5.41) is 0.718. The number of carbonyl (C=O) groups excluding carboxylic acids is 1. The van der Waals surface area contributed by atoms with Crippen molar-refractivity contribution < 1.29 is 9.53 Å². The van der Waals surface area contributed by atoms with Gasteiger partial charge in [-0.05, 0) is 57.1 Å². The van der Waals surface area contributed by atoms with Gasteiger partial charge in [-0.15, -0.1) is 0 Å². The molecule has 160 valence electrons. The predicted octanol–water partition coefficient (Wildman–Crippen LogP) is 5.22. The van der Waals surface area contributed by atoms with Gasteiger partial charge in [-0.1, -0.05) is 48.9 Å². The van der Waals surface area contributed by atoms with Crippen LogP contribution in [0.25, 0.3) is 10.2 Å². The van der Waals surface area contributed by atoms with Gasteiger partial charge in [-0.2, -0.15) is 0 Å². The van der Waals surface area contributed by atoms with Crippen molar-refractivity contribution in [3.8, 4) is 5.75 Å². The zero-order valence-corrected chi connectivity index (χ0v) is 19.6. The molecule has 1 heterocycles. The van der Waals surface area contributed by atoms with Crippen molar-refractivity contribution in [1.29, 1.82) is 0 Å². The molecule has 0 N–H and O–H groups in total. The zero-order chi connectivity index (χ0) is 21.8. The van der Waals surface area contributed by atoms with Gasteiger partial charge in [-0.3, -0.25) is 9.69 Å². The molecule has 1 amide bonds. The lowest BCUT2D eigenvalue weighted by molar-refractivity contribution is 0.0983. The van der Waals surface area contributed by atoms with Crippen LogP contribution in [0.1, 0.15) is 40.9 Å². The van der Waals surface area contributed by atoms with Crippen LogP contribution >= 0.6 is 11.3 Å². The van der Waals surface area contributed by atoms with Crippen LogP contribution in [0.3, 0.4) is 0 Å². The van der Waals surface area contributed by atoms with Crippen LogP contribution in [0.5, 0.6) is 5.75 Å². The lowest BCUT2D eigenvalue weighted by atomic mass is 10.0. The lowest BCUT2D eigenvalue weighted by Crippen LogP contribution is -2.39. The second-order valence-corrected chi connectivity index (χ2v) is 8.54. The number of anilines is 1. The van der Waals surface area contributed by atoms with E-state index in [0.717, 1.165) is 63.0 Å². The molecule has 0 unspecified atom stereocenters. The molecule has 0 fully saturated rings. The fourth-order valence-electron chi connectivity index (χ4n) is 3.56. The number of fused-ring (bicyclic) bond motifs is 1. The Morgan fingerprint density at radius 1 is 1.03 bits per heavy atom. The number of aromatic nitrogens is 1. The first-order valence-corrected chi connectivity index (χ1v) is 11.3. The highest BCUT2D eigenvalue weighted by atomic mass is 32.1. The molecule has 6 heteroatoms. The van der Waals surface area contributed by atoms with Crippen molar-refractivity contribution in [1.82, 2.24) is 9.88 Å². The van der Waals surface area contributed by atoms with Crippen molar-refractivity contribution in [2.24, 2.45) is 0 Å². The summed E-state index contributed by atoms with van der Waals surface area (Å²) in [6.07, 6.45) is 0. The average Bonchev–Trinajstić information content (AvgIpc) is 3.19. The molecule has 3 rings (SSSR count). The largest absolute Gasteiger partial charge is 0.494 e. The molecule has 1 aromatic heterocycles. The van der Waals surface area contributed by atoms with Crippen LogP contribution in [-0.4, -0.2) is 49.1 Å². The molecule has 0 bridgehead atoms. The number of nitrogens with zero attached hydrogens (tertiary/aromatic N) is 3. The van der Waals surface area contributed by atoms with Crippen molar-refractivity contribution >= 4 is 32.6 Å². The van der Waals surface area contributed by atoms with Crippen molar-refractivity contribution in [2.75, 3.05) is 38.2 Å². The van der Waals surface area contributed by atoms with Crippen molar-refractivity contribution in [3.05, 3.63) is 52.6 Å². The molecule has 0 spiro atoms. The van der Waals surface area contributed by atoms with E-state index in [-0.39, 0.29) is 5.91 Å². The van der Waals surface area contributed by atoms with Gasteiger partial charge < -0.3 is 9.64 Å². The Bertz CT molecular complexity index is 1040. The number of rotatable bonds is 8. The number of methoxy groups -OCH3 is 1. The molecule has 0 aliphatic carbocycles. The van der Waals surface area contributed by atoms with E-state index < -0.39 is 0 Å². The molecule has 5 nitrogen and oxygen atoms in total. The number of amides is 1. The number of likely N-dealkylation sites (N-methyl/N-ethyl adjacent to an activating group) is 1. The second kappa shape index (κ2) is 9.58. The number of benzene rings is 2. The summed E-state index contributed by atoms with van der Waals surface area (Å²) < 4.78 is 6.58. The maximum absolute atomic E-state index is 13.7. The fourth-order valence-corrected chi connectivity index (χ4v) is 4.63. The molecule has 2 aromatic carbocycles. The SMILES string of the molecule is CCN(CC)CCN(C(=O)c1cc(C)ccc1C)c1nc2c(OC)ccc(C)c2s1. The Morgan fingerprint density at radius 3 is 2.40 bits per heavy atom. The summed E-state index contributed by atoms with van der Waals surface area (Å²) in [6, 6.07) is 10.00. The number of thiazole rings is 1. The fraction of sp³-hybridized carbons (Fsp3) is 0.417. The molecule has 30 heavy (non-hydrogen) atoms. The molecular weight excluding hydrogens is 394 g/mol. The Hall–Kier alpha value is -2.44. The predicted molar refractivity (Wildman–Crippen MR) is 126 cm³/mol. The van der Waals surface area contributed by atoms with Crippen LogP contribution in [0.4, 0.5) is 5.13 Å². The molecule has 0 saturated heterocycles. The molecule has 0 radical (unpaired) electrons.